The second kappa shape index (κ2) is 4.58. The van der Waals surface area contributed by atoms with Crippen LogP contribution < -0.4 is 4.90 Å². The number of halogens is 1. The molecule has 2 aromatic rings. The Morgan fingerprint density at radius 1 is 0.875 bits per heavy atom. The van der Waals surface area contributed by atoms with Crippen LogP contribution in [0.15, 0.2) is 48.5 Å². The molecule has 0 aliphatic carbocycles. The summed E-state index contributed by atoms with van der Waals surface area (Å²) in [6.45, 7) is 0. The minimum absolute atomic E-state index is 0.770. The van der Waals surface area contributed by atoms with Crippen LogP contribution in [0.1, 0.15) is 0 Å². The lowest BCUT2D eigenvalue weighted by Gasteiger charge is -2.17. The molecule has 0 N–H and O–H groups in total. The molecule has 16 heavy (non-hydrogen) atoms. The van der Waals surface area contributed by atoms with Crippen molar-refractivity contribution in [1.29, 1.82) is 0 Å². The third-order valence-electron chi connectivity index (χ3n) is 2.54. The SMILES string of the molecule is CN(C)c1ccccc1-c1ccc(Cl)cc1. The van der Waals surface area contributed by atoms with Crippen LogP contribution in [0.3, 0.4) is 0 Å². The smallest absolute Gasteiger partial charge is 0.0440 e. The normalized spacial score (nSPS) is 10.2. The molecule has 0 saturated carbocycles. The zero-order valence-corrected chi connectivity index (χ0v) is 10.2. The molecule has 2 rings (SSSR count). The predicted octanol–water partition coefficient (Wildman–Crippen LogP) is 4.07. The standard InChI is InChI=1S/C14H14ClN/c1-16(2)14-6-4-3-5-13(14)11-7-9-12(15)10-8-11/h3-10H,1-2H3. The third kappa shape index (κ3) is 2.20. The first-order chi connectivity index (χ1) is 7.68. The maximum atomic E-state index is 5.89. The van der Waals surface area contributed by atoms with Gasteiger partial charge in [0.2, 0.25) is 0 Å². The lowest BCUT2D eigenvalue weighted by molar-refractivity contribution is 1.13. The van der Waals surface area contributed by atoms with Crippen LogP contribution in [0.25, 0.3) is 11.1 Å². The molecule has 0 saturated heterocycles. The molecule has 0 unspecified atom stereocenters. The van der Waals surface area contributed by atoms with Gasteiger partial charge >= 0.3 is 0 Å². The van der Waals surface area contributed by atoms with Crippen LogP contribution >= 0.6 is 11.6 Å². The Morgan fingerprint density at radius 3 is 2.12 bits per heavy atom. The van der Waals surface area contributed by atoms with Gasteiger partial charge in [-0.25, -0.2) is 0 Å². The van der Waals surface area contributed by atoms with Gasteiger partial charge in [-0.3, -0.25) is 0 Å². The van der Waals surface area contributed by atoms with E-state index >= 15 is 0 Å². The van der Waals surface area contributed by atoms with Crippen molar-refractivity contribution >= 4 is 17.3 Å². The first-order valence-corrected chi connectivity index (χ1v) is 5.58. The summed E-state index contributed by atoms with van der Waals surface area (Å²) in [4.78, 5) is 2.12. The predicted molar refractivity (Wildman–Crippen MR) is 71.2 cm³/mol. The number of nitrogens with zero attached hydrogens (tertiary/aromatic N) is 1. The van der Waals surface area contributed by atoms with Crippen molar-refractivity contribution in [3.8, 4) is 11.1 Å². The van der Waals surface area contributed by atoms with E-state index in [4.69, 9.17) is 11.6 Å². The molecule has 0 radical (unpaired) electrons. The van der Waals surface area contributed by atoms with Gasteiger partial charge in [0.25, 0.3) is 0 Å². The second-order valence-corrected chi connectivity index (χ2v) is 4.35. The minimum Gasteiger partial charge on any atom is -0.377 e. The Balaban J connectivity index is 2.51. The molecule has 0 atom stereocenters. The average molecular weight is 232 g/mol. The van der Waals surface area contributed by atoms with Gasteiger partial charge in [-0.15, -0.1) is 0 Å². The van der Waals surface area contributed by atoms with Crippen molar-refractivity contribution in [1.82, 2.24) is 0 Å². The number of rotatable bonds is 2. The van der Waals surface area contributed by atoms with E-state index in [1.807, 2.05) is 24.3 Å². The summed E-state index contributed by atoms with van der Waals surface area (Å²) in [5.41, 5.74) is 3.63. The highest BCUT2D eigenvalue weighted by Gasteiger charge is 2.05. The van der Waals surface area contributed by atoms with Crippen LogP contribution in [-0.4, -0.2) is 14.1 Å². The lowest BCUT2D eigenvalue weighted by Crippen LogP contribution is -2.09. The van der Waals surface area contributed by atoms with Crippen LogP contribution in [0.2, 0.25) is 5.02 Å². The summed E-state index contributed by atoms with van der Waals surface area (Å²) in [5.74, 6) is 0. The molecule has 2 heteroatoms. The molecule has 0 aliphatic heterocycles. The fourth-order valence-corrected chi connectivity index (χ4v) is 1.86. The first-order valence-electron chi connectivity index (χ1n) is 5.21. The van der Waals surface area contributed by atoms with Gasteiger partial charge in [-0.05, 0) is 23.8 Å². The van der Waals surface area contributed by atoms with Crippen LogP contribution in [0.5, 0.6) is 0 Å². The second-order valence-electron chi connectivity index (χ2n) is 3.92. The Morgan fingerprint density at radius 2 is 1.50 bits per heavy atom. The van der Waals surface area contributed by atoms with E-state index in [2.05, 4.69) is 43.3 Å². The molecule has 1 nitrogen and oxygen atoms in total. The molecular weight excluding hydrogens is 218 g/mol. The highest BCUT2D eigenvalue weighted by molar-refractivity contribution is 6.30. The van der Waals surface area contributed by atoms with E-state index in [-0.39, 0.29) is 0 Å². The van der Waals surface area contributed by atoms with Crippen molar-refractivity contribution in [2.24, 2.45) is 0 Å². The number of hydrogen-bond acceptors (Lipinski definition) is 1. The van der Waals surface area contributed by atoms with Gasteiger partial charge in [-0.1, -0.05) is 41.9 Å². The molecular formula is C14H14ClN. The molecule has 2 aromatic carbocycles. The molecule has 82 valence electrons. The summed E-state index contributed by atoms with van der Waals surface area (Å²) >= 11 is 5.89. The average Bonchev–Trinajstić information content (AvgIpc) is 2.30. The van der Waals surface area contributed by atoms with E-state index < -0.39 is 0 Å². The number of para-hydroxylation sites is 1. The molecule has 0 amide bonds. The molecule has 0 heterocycles. The largest absolute Gasteiger partial charge is 0.377 e. The van der Waals surface area contributed by atoms with Crippen molar-refractivity contribution in [3.05, 3.63) is 53.6 Å². The number of anilines is 1. The van der Waals surface area contributed by atoms with Crippen LogP contribution in [-0.2, 0) is 0 Å². The zero-order valence-electron chi connectivity index (χ0n) is 9.44. The Kier molecular flexibility index (Phi) is 3.16. The van der Waals surface area contributed by atoms with Crippen LogP contribution in [0, 0.1) is 0 Å². The quantitative estimate of drug-likeness (QED) is 0.753. The summed E-state index contributed by atoms with van der Waals surface area (Å²) in [5, 5.41) is 0.770. The van der Waals surface area contributed by atoms with Crippen molar-refractivity contribution in [2.75, 3.05) is 19.0 Å². The van der Waals surface area contributed by atoms with Gasteiger partial charge in [0, 0.05) is 30.4 Å². The summed E-state index contributed by atoms with van der Waals surface area (Å²) in [6.07, 6.45) is 0. The van der Waals surface area contributed by atoms with Crippen molar-refractivity contribution in [3.63, 3.8) is 0 Å². The van der Waals surface area contributed by atoms with Crippen molar-refractivity contribution in [2.45, 2.75) is 0 Å². The molecule has 0 fully saturated rings. The van der Waals surface area contributed by atoms with Crippen LogP contribution in [0.4, 0.5) is 5.69 Å². The zero-order chi connectivity index (χ0) is 11.5. The third-order valence-corrected chi connectivity index (χ3v) is 2.79. The highest BCUT2D eigenvalue weighted by Crippen LogP contribution is 2.30. The van der Waals surface area contributed by atoms with Gasteiger partial charge in [0.1, 0.15) is 0 Å². The maximum absolute atomic E-state index is 5.89. The maximum Gasteiger partial charge on any atom is 0.0440 e. The number of benzene rings is 2. The summed E-state index contributed by atoms with van der Waals surface area (Å²) < 4.78 is 0. The number of hydrogen-bond donors (Lipinski definition) is 0. The lowest BCUT2D eigenvalue weighted by atomic mass is 10.0. The van der Waals surface area contributed by atoms with E-state index in [1.54, 1.807) is 0 Å². The topological polar surface area (TPSA) is 3.24 Å². The minimum atomic E-state index is 0.770. The van der Waals surface area contributed by atoms with Gasteiger partial charge in [0.15, 0.2) is 0 Å². The fourth-order valence-electron chi connectivity index (χ4n) is 1.74. The Labute approximate surface area is 101 Å². The van der Waals surface area contributed by atoms with E-state index in [0.29, 0.717) is 0 Å². The Hall–Kier alpha value is -1.47. The molecule has 0 bridgehead atoms. The fraction of sp³-hybridized carbons (Fsp3) is 0.143. The van der Waals surface area contributed by atoms with E-state index in [0.717, 1.165) is 5.02 Å². The van der Waals surface area contributed by atoms with E-state index in [9.17, 15) is 0 Å². The highest BCUT2D eigenvalue weighted by atomic mass is 35.5. The molecule has 0 aliphatic rings. The molecule has 0 aromatic heterocycles. The van der Waals surface area contributed by atoms with Gasteiger partial charge < -0.3 is 4.90 Å². The Bertz CT molecular complexity index is 474. The molecule has 0 spiro atoms. The van der Waals surface area contributed by atoms with Gasteiger partial charge in [-0.2, -0.15) is 0 Å². The monoisotopic (exact) mass is 231 g/mol. The van der Waals surface area contributed by atoms with Gasteiger partial charge in [0.05, 0.1) is 0 Å². The van der Waals surface area contributed by atoms with Crippen molar-refractivity contribution < 1.29 is 0 Å². The van der Waals surface area contributed by atoms with E-state index in [1.165, 1.54) is 16.8 Å². The summed E-state index contributed by atoms with van der Waals surface area (Å²) in [6, 6.07) is 16.3. The first kappa shape index (κ1) is 11.0. The summed E-state index contributed by atoms with van der Waals surface area (Å²) in [7, 11) is 4.10.